The van der Waals surface area contributed by atoms with Crippen molar-refractivity contribution in [3.63, 3.8) is 0 Å². The van der Waals surface area contributed by atoms with Gasteiger partial charge in [0.05, 0.1) is 19.6 Å². The molecule has 0 aliphatic carbocycles. The zero-order valence-corrected chi connectivity index (χ0v) is 21.2. The van der Waals surface area contributed by atoms with Crippen molar-refractivity contribution in [3.05, 3.63) is 58.6 Å². The number of carbonyl (C=O) groups excluding carboxylic acids is 1. The molecule has 3 rings (SSSR count). The molecule has 1 aliphatic rings. The Morgan fingerprint density at radius 3 is 2.34 bits per heavy atom. The minimum Gasteiger partial charge on any atom is -0.497 e. The van der Waals surface area contributed by atoms with Gasteiger partial charge < -0.3 is 14.4 Å². The van der Waals surface area contributed by atoms with E-state index in [0.717, 1.165) is 61.4 Å². The maximum Gasteiger partial charge on any atom is 0.316 e. The first-order chi connectivity index (χ1) is 15.4. The van der Waals surface area contributed by atoms with E-state index >= 15 is 0 Å². The molecule has 0 saturated carbocycles. The molecule has 0 radical (unpaired) electrons. The Hall–Kier alpha value is -2.05. The van der Waals surface area contributed by atoms with Crippen molar-refractivity contribution in [1.82, 2.24) is 4.90 Å². The molecule has 0 N–H and O–H groups in total. The van der Waals surface area contributed by atoms with E-state index < -0.39 is 5.41 Å². The third-order valence-corrected chi connectivity index (χ3v) is 7.26. The molecule has 1 atom stereocenters. The van der Waals surface area contributed by atoms with Crippen LogP contribution in [0.15, 0.2) is 53.0 Å². The minimum absolute atomic E-state index is 0.140. The largest absolute Gasteiger partial charge is 0.497 e. The number of nitrogens with zero attached hydrogens (tertiary/aromatic N) is 2. The molecule has 6 heteroatoms. The highest BCUT2D eigenvalue weighted by Gasteiger charge is 2.44. The van der Waals surface area contributed by atoms with Crippen LogP contribution in [0.4, 0.5) is 5.69 Å². The van der Waals surface area contributed by atoms with Crippen molar-refractivity contribution in [2.24, 2.45) is 5.92 Å². The summed E-state index contributed by atoms with van der Waals surface area (Å²) in [5, 5.41) is 0. The van der Waals surface area contributed by atoms with Gasteiger partial charge in [0, 0.05) is 42.4 Å². The third kappa shape index (κ3) is 5.46. The SMILES string of the molecule is COC(=O)C(CCCN1CCN(c2cccc(OC)c2)CC1)(c1ccc(Br)cc1)C(C)C. The first kappa shape index (κ1) is 24.6. The summed E-state index contributed by atoms with van der Waals surface area (Å²) in [5.41, 5.74) is 1.62. The van der Waals surface area contributed by atoms with Gasteiger partial charge in [-0.1, -0.05) is 48.0 Å². The number of halogens is 1. The zero-order valence-electron chi connectivity index (χ0n) is 19.6. The van der Waals surface area contributed by atoms with Gasteiger partial charge in [-0.05, 0) is 55.1 Å². The molecule has 2 aromatic carbocycles. The predicted molar refractivity (Wildman–Crippen MR) is 134 cm³/mol. The number of anilines is 1. The maximum atomic E-state index is 13.0. The number of esters is 1. The van der Waals surface area contributed by atoms with Crippen LogP contribution < -0.4 is 9.64 Å². The van der Waals surface area contributed by atoms with Crippen LogP contribution in [0.1, 0.15) is 32.3 Å². The molecular weight excluding hydrogens is 468 g/mol. The van der Waals surface area contributed by atoms with Crippen LogP contribution >= 0.6 is 15.9 Å². The molecule has 1 saturated heterocycles. The van der Waals surface area contributed by atoms with Crippen molar-refractivity contribution in [1.29, 1.82) is 0 Å². The molecule has 1 aliphatic heterocycles. The van der Waals surface area contributed by atoms with E-state index in [1.54, 1.807) is 7.11 Å². The Labute approximate surface area is 200 Å². The number of ether oxygens (including phenoxy) is 2. The second-order valence-corrected chi connectivity index (χ2v) is 9.67. The Kier molecular flexibility index (Phi) is 8.60. The van der Waals surface area contributed by atoms with E-state index in [9.17, 15) is 4.79 Å². The molecule has 2 aromatic rings. The number of piperazine rings is 1. The molecule has 0 spiro atoms. The fourth-order valence-corrected chi connectivity index (χ4v) is 5.03. The van der Waals surface area contributed by atoms with Gasteiger partial charge in [0.2, 0.25) is 0 Å². The second kappa shape index (κ2) is 11.2. The van der Waals surface area contributed by atoms with Crippen molar-refractivity contribution < 1.29 is 14.3 Å². The molecule has 1 heterocycles. The van der Waals surface area contributed by atoms with Crippen molar-refractivity contribution in [3.8, 4) is 5.75 Å². The van der Waals surface area contributed by atoms with Gasteiger partial charge in [0.1, 0.15) is 5.75 Å². The van der Waals surface area contributed by atoms with Gasteiger partial charge in [-0.2, -0.15) is 0 Å². The third-order valence-electron chi connectivity index (χ3n) is 6.73. The standard InChI is InChI=1S/C26H35BrN2O3/c1-20(2)26(25(30)32-4,21-9-11-22(27)12-10-21)13-6-14-28-15-17-29(18-16-28)23-7-5-8-24(19-23)31-3/h5,7-12,19-20H,6,13-18H2,1-4H3. The average Bonchev–Trinajstić information content (AvgIpc) is 2.82. The lowest BCUT2D eigenvalue weighted by molar-refractivity contribution is -0.150. The van der Waals surface area contributed by atoms with Crippen LogP contribution in [-0.4, -0.2) is 57.8 Å². The monoisotopic (exact) mass is 502 g/mol. The second-order valence-electron chi connectivity index (χ2n) is 8.76. The molecule has 0 bridgehead atoms. The van der Waals surface area contributed by atoms with E-state index in [1.165, 1.54) is 12.8 Å². The molecule has 32 heavy (non-hydrogen) atoms. The zero-order chi connectivity index (χ0) is 23.1. The predicted octanol–water partition coefficient (Wildman–Crippen LogP) is 5.13. The van der Waals surface area contributed by atoms with Crippen LogP contribution in [0.2, 0.25) is 0 Å². The summed E-state index contributed by atoms with van der Waals surface area (Å²) < 4.78 is 11.7. The van der Waals surface area contributed by atoms with E-state index in [1.807, 2.05) is 36.4 Å². The van der Waals surface area contributed by atoms with Gasteiger partial charge in [-0.25, -0.2) is 0 Å². The Balaban J connectivity index is 1.61. The fourth-order valence-electron chi connectivity index (χ4n) is 4.77. The van der Waals surface area contributed by atoms with Crippen molar-refractivity contribution in [2.75, 3.05) is 51.8 Å². The van der Waals surface area contributed by atoms with Gasteiger partial charge in [-0.3, -0.25) is 9.69 Å². The van der Waals surface area contributed by atoms with Crippen molar-refractivity contribution in [2.45, 2.75) is 32.1 Å². The summed E-state index contributed by atoms with van der Waals surface area (Å²) in [7, 11) is 3.20. The minimum atomic E-state index is -0.627. The Bertz CT molecular complexity index is 879. The quantitative estimate of drug-likeness (QED) is 0.444. The number of carbonyl (C=O) groups is 1. The molecule has 174 valence electrons. The van der Waals surface area contributed by atoms with Gasteiger partial charge in [0.15, 0.2) is 0 Å². The lowest BCUT2D eigenvalue weighted by Gasteiger charge is -2.38. The van der Waals surface area contributed by atoms with Gasteiger partial charge in [0.25, 0.3) is 0 Å². The molecule has 0 amide bonds. The number of hydrogen-bond acceptors (Lipinski definition) is 5. The van der Waals surface area contributed by atoms with E-state index in [4.69, 9.17) is 9.47 Å². The summed E-state index contributed by atoms with van der Waals surface area (Å²) in [5.74, 6) is 0.893. The molecule has 1 unspecified atom stereocenters. The lowest BCUT2D eigenvalue weighted by atomic mass is 9.68. The highest BCUT2D eigenvalue weighted by Crippen LogP contribution is 2.39. The van der Waals surface area contributed by atoms with Gasteiger partial charge in [-0.15, -0.1) is 0 Å². The average molecular weight is 503 g/mol. The molecule has 1 fully saturated rings. The number of rotatable bonds is 9. The fraction of sp³-hybridized carbons (Fsp3) is 0.500. The van der Waals surface area contributed by atoms with E-state index in [0.29, 0.717) is 0 Å². The summed E-state index contributed by atoms with van der Waals surface area (Å²) in [4.78, 5) is 17.9. The van der Waals surface area contributed by atoms with Crippen LogP contribution in [0.3, 0.4) is 0 Å². The van der Waals surface area contributed by atoms with Crippen LogP contribution in [0, 0.1) is 5.92 Å². The highest BCUT2D eigenvalue weighted by molar-refractivity contribution is 9.10. The summed E-state index contributed by atoms with van der Waals surface area (Å²) in [6.45, 7) is 9.23. The van der Waals surface area contributed by atoms with E-state index in [-0.39, 0.29) is 11.9 Å². The molecule has 5 nitrogen and oxygen atoms in total. The van der Waals surface area contributed by atoms with Crippen molar-refractivity contribution >= 4 is 27.6 Å². The lowest BCUT2D eigenvalue weighted by Crippen LogP contribution is -2.47. The van der Waals surface area contributed by atoms with Gasteiger partial charge >= 0.3 is 5.97 Å². The van der Waals surface area contributed by atoms with E-state index in [2.05, 4.69) is 51.7 Å². The number of methoxy groups -OCH3 is 2. The number of hydrogen-bond donors (Lipinski definition) is 0. The van der Waals surface area contributed by atoms with Crippen LogP contribution in [-0.2, 0) is 14.9 Å². The van der Waals surface area contributed by atoms with Crippen LogP contribution in [0.5, 0.6) is 5.75 Å². The molecule has 0 aromatic heterocycles. The maximum absolute atomic E-state index is 13.0. The molecular formula is C26H35BrN2O3. The first-order valence-corrected chi connectivity index (χ1v) is 12.2. The van der Waals surface area contributed by atoms with Crippen LogP contribution in [0.25, 0.3) is 0 Å². The smallest absolute Gasteiger partial charge is 0.316 e. The normalized spacial score (nSPS) is 16.6. The number of benzene rings is 2. The topological polar surface area (TPSA) is 42.0 Å². The summed E-state index contributed by atoms with van der Waals surface area (Å²) in [6.07, 6.45) is 1.72. The summed E-state index contributed by atoms with van der Waals surface area (Å²) >= 11 is 3.50. The highest BCUT2D eigenvalue weighted by atomic mass is 79.9. The Morgan fingerprint density at radius 1 is 1.06 bits per heavy atom. The Morgan fingerprint density at radius 2 is 1.75 bits per heavy atom. The summed E-state index contributed by atoms with van der Waals surface area (Å²) in [6, 6.07) is 16.4. The first-order valence-electron chi connectivity index (χ1n) is 11.4.